The van der Waals surface area contributed by atoms with Gasteiger partial charge < -0.3 is 31.4 Å². The van der Waals surface area contributed by atoms with E-state index in [1.807, 2.05) is 13.8 Å². The Kier molecular flexibility index (Phi) is 15.5. The molecule has 1 atom stereocenters. The van der Waals surface area contributed by atoms with Crippen molar-refractivity contribution >= 4 is 23.9 Å². The SMILES string of the molecule is CC(C)CC(COC(=O)/C=C/C(=O)OC(C)C)OC(=O)/C=C/C(=O)OC(C)C.[Cl-]. The Morgan fingerprint density at radius 1 is 0.655 bits per heavy atom. The van der Waals surface area contributed by atoms with E-state index < -0.39 is 30.0 Å². The van der Waals surface area contributed by atoms with Gasteiger partial charge in [0.15, 0.2) is 0 Å². The van der Waals surface area contributed by atoms with Gasteiger partial charge >= 0.3 is 23.9 Å². The molecule has 0 rings (SSSR count). The number of carbonyl (C=O) groups excluding carboxylic acids is 4. The van der Waals surface area contributed by atoms with Gasteiger partial charge in [0.1, 0.15) is 12.7 Å². The summed E-state index contributed by atoms with van der Waals surface area (Å²) in [6, 6.07) is 0. The highest BCUT2D eigenvalue weighted by Crippen LogP contribution is 2.10. The highest BCUT2D eigenvalue weighted by molar-refractivity contribution is 5.92. The molecule has 0 saturated heterocycles. The molecule has 1 unspecified atom stereocenters. The van der Waals surface area contributed by atoms with Crippen LogP contribution in [0, 0.1) is 5.92 Å². The van der Waals surface area contributed by atoms with E-state index in [0.717, 1.165) is 24.3 Å². The number of carbonyl (C=O) groups is 4. The van der Waals surface area contributed by atoms with Crippen molar-refractivity contribution < 1.29 is 50.5 Å². The summed E-state index contributed by atoms with van der Waals surface area (Å²) in [4.78, 5) is 46.3. The van der Waals surface area contributed by atoms with E-state index in [1.54, 1.807) is 27.7 Å². The van der Waals surface area contributed by atoms with Gasteiger partial charge in [0, 0.05) is 24.3 Å². The van der Waals surface area contributed by atoms with Crippen LogP contribution < -0.4 is 12.4 Å². The van der Waals surface area contributed by atoms with Crippen molar-refractivity contribution in [3.05, 3.63) is 24.3 Å². The minimum Gasteiger partial charge on any atom is -1.00 e. The number of esters is 4. The molecule has 0 aliphatic rings. The van der Waals surface area contributed by atoms with E-state index in [2.05, 4.69) is 0 Å². The van der Waals surface area contributed by atoms with E-state index in [-0.39, 0.29) is 37.1 Å². The number of hydrogen-bond donors (Lipinski definition) is 0. The normalized spacial score (nSPS) is 12.2. The van der Waals surface area contributed by atoms with Gasteiger partial charge in [-0.25, -0.2) is 19.2 Å². The van der Waals surface area contributed by atoms with Crippen molar-refractivity contribution in [3.63, 3.8) is 0 Å². The van der Waals surface area contributed by atoms with E-state index in [9.17, 15) is 19.2 Å². The summed E-state index contributed by atoms with van der Waals surface area (Å²) in [6.07, 6.45) is 3.00. The lowest BCUT2D eigenvalue weighted by Gasteiger charge is -2.18. The monoisotopic (exact) mass is 433 g/mol. The minimum atomic E-state index is -0.762. The topological polar surface area (TPSA) is 105 Å². The van der Waals surface area contributed by atoms with Gasteiger partial charge in [-0.3, -0.25) is 0 Å². The fourth-order valence-corrected chi connectivity index (χ4v) is 1.92. The fraction of sp³-hybridized carbons (Fsp3) is 0.600. The van der Waals surface area contributed by atoms with Crippen LogP contribution in [0.4, 0.5) is 0 Å². The largest absolute Gasteiger partial charge is 1.00 e. The van der Waals surface area contributed by atoms with E-state index >= 15 is 0 Å². The maximum atomic E-state index is 11.9. The van der Waals surface area contributed by atoms with Crippen LogP contribution in [0.25, 0.3) is 0 Å². The second-order valence-electron chi connectivity index (χ2n) is 6.96. The molecule has 0 saturated carbocycles. The third-order valence-electron chi connectivity index (χ3n) is 2.84. The molecule has 166 valence electrons. The van der Waals surface area contributed by atoms with Crippen molar-refractivity contribution in [2.24, 2.45) is 5.92 Å². The molecular weight excluding hydrogens is 404 g/mol. The van der Waals surface area contributed by atoms with Crippen LogP contribution in [0.15, 0.2) is 24.3 Å². The van der Waals surface area contributed by atoms with Crippen molar-refractivity contribution in [3.8, 4) is 0 Å². The Labute approximate surface area is 178 Å². The molecule has 0 bridgehead atoms. The molecule has 0 radical (unpaired) electrons. The predicted octanol–water partition coefficient (Wildman–Crippen LogP) is -0.493. The molecule has 0 amide bonds. The molecule has 0 aromatic carbocycles. The lowest BCUT2D eigenvalue weighted by Crippen LogP contribution is -3.00. The number of ether oxygens (including phenoxy) is 4. The van der Waals surface area contributed by atoms with E-state index in [4.69, 9.17) is 18.9 Å². The summed E-state index contributed by atoms with van der Waals surface area (Å²) in [7, 11) is 0. The van der Waals surface area contributed by atoms with Gasteiger partial charge in [0.05, 0.1) is 12.2 Å². The molecule has 0 aliphatic carbocycles. The third-order valence-corrected chi connectivity index (χ3v) is 2.84. The van der Waals surface area contributed by atoms with Crippen LogP contribution >= 0.6 is 0 Å². The molecule has 0 fully saturated rings. The highest BCUT2D eigenvalue weighted by atomic mass is 35.5. The average molecular weight is 434 g/mol. The molecule has 0 aliphatic heterocycles. The lowest BCUT2D eigenvalue weighted by atomic mass is 10.1. The van der Waals surface area contributed by atoms with Gasteiger partial charge in [0.2, 0.25) is 0 Å². The van der Waals surface area contributed by atoms with Crippen molar-refractivity contribution in [2.75, 3.05) is 6.61 Å². The second-order valence-corrected chi connectivity index (χ2v) is 6.96. The summed E-state index contributed by atoms with van der Waals surface area (Å²) < 4.78 is 20.0. The summed E-state index contributed by atoms with van der Waals surface area (Å²) >= 11 is 0. The first-order valence-corrected chi connectivity index (χ1v) is 9.14. The first-order valence-electron chi connectivity index (χ1n) is 9.14. The maximum absolute atomic E-state index is 11.9. The Morgan fingerprint density at radius 2 is 1.03 bits per heavy atom. The van der Waals surface area contributed by atoms with Gasteiger partial charge in [-0.2, -0.15) is 0 Å². The quantitative estimate of drug-likeness (QED) is 0.244. The van der Waals surface area contributed by atoms with Crippen LogP contribution in [-0.2, 0) is 38.1 Å². The van der Waals surface area contributed by atoms with Crippen LogP contribution in [0.3, 0.4) is 0 Å². The summed E-state index contributed by atoms with van der Waals surface area (Å²) in [6.45, 7) is 10.4. The van der Waals surface area contributed by atoms with Crippen LogP contribution in [0.5, 0.6) is 0 Å². The van der Waals surface area contributed by atoms with Crippen LogP contribution in [-0.4, -0.2) is 48.8 Å². The molecular formula is C20H30ClO8-. The van der Waals surface area contributed by atoms with Gasteiger partial charge in [-0.15, -0.1) is 0 Å². The van der Waals surface area contributed by atoms with Crippen LogP contribution in [0.1, 0.15) is 48.0 Å². The maximum Gasteiger partial charge on any atom is 0.331 e. The molecule has 0 aromatic rings. The number of rotatable bonds is 11. The lowest BCUT2D eigenvalue weighted by molar-refractivity contribution is -0.153. The average Bonchev–Trinajstić information content (AvgIpc) is 2.54. The van der Waals surface area contributed by atoms with Gasteiger partial charge in [0.25, 0.3) is 0 Å². The first-order chi connectivity index (χ1) is 13.0. The number of hydrogen-bond acceptors (Lipinski definition) is 8. The molecule has 0 aromatic heterocycles. The summed E-state index contributed by atoms with van der Waals surface area (Å²) in [5, 5.41) is 0. The summed E-state index contributed by atoms with van der Waals surface area (Å²) in [5.41, 5.74) is 0. The van der Waals surface area contributed by atoms with Crippen molar-refractivity contribution in [1.82, 2.24) is 0 Å². The Hall–Kier alpha value is -2.35. The van der Waals surface area contributed by atoms with Crippen molar-refractivity contribution in [1.29, 1.82) is 0 Å². The fourth-order valence-electron chi connectivity index (χ4n) is 1.92. The second kappa shape index (κ2) is 15.6. The van der Waals surface area contributed by atoms with E-state index in [1.165, 1.54) is 0 Å². The van der Waals surface area contributed by atoms with E-state index in [0.29, 0.717) is 6.42 Å². The minimum absolute atomic E-state index is 0. The molecule has 8 nitrogen and oxygen atoms in total. The highest BCUT2D eigenvalue weighted by Gasteiger charge is 2.17. The van der Waals surface area contributed by atoms with Gasteiger partial charge in [-0.1, -0.05) is 13.8 Å². The number of halogens is 1. The van der Waals surface area contributed by atoms with Crippen LogP contribution in [0.2, 0.25) is 0 Å². The summed E-state index contributed by atoms with van der Waals surface area (Å²) in [5.74, 6) is -2.66. The third kappa shape index (κ3) is 17.5. The molecule has 0 heterocycles. The zero-order valence-electron chi connectivity index (χ0n) is 17.7. The molecule has 0 spiro atoms. The zero-order chi connectivity index (χ0) is 21.7. The Morgan fingerprint density at radius 3 is 1.41 bits per heavy atom. The smallest absolute Gasteiger partial charge is 0.331 e. The Bertz CT molecular complexity index is 593. The standard InChI is InChI=1S/C20H30O8.ClH/c1-13(2)11-16(28-20(24)10-9-19(23)27-15(5)6)12-25-17(21)7-8-18(22)26-14(3)4;/h7-10,13-16H,11-12H2,1-6H3;1H/p-1/b8-7+,10-9+;. The molecule has 0 N–H and O–H groups in total. The first kappa shape index (κ1) is 28.9. The zero-order valence-corrected chi connectivity index (χ0v) is 18.4. The van der Waals surface area contributed by atoms with Crippen molar-refractivity contribution in [2.45, 2.75) is 66.3 Å². The van der Waals surface area contributed by atoms with Gasteiger partial charge in [-0.05, 0) is 40.0 Å². The Balaban J connectivity index is 0. The predicted molar refractivity (Wildman–Crippen MR) is 101 cm³/mol. The molecule has 9 heteroatoms. The molecule has 29 heavy (non-hydrogen) atoms.